The van der Waals surface area contributed by atoms with Crippen molar-refractivity contribution in [3.05, 3.63) is 113 Å². The van der Waals surface area contributed by atoms with Gasteiger partial charge in [-0.1, -0.05) is 84.4 Å². The first kappa shape index (κ1) is 22.1. The maximum Gasteiger partial charge on any atom is 0.241 e. The van der Waals surface area contributed by atoms with E-state index in [2.05, 4.69) is 0 Å². The SMILES string of the molecule is O=C1[C@H]2[C@@H](c3ccc(Cl)cc3)OC3(C(=O)c4ccccc4C3=O)[C@@H]2C(=O)N1c1cccc2ccccc12. The molecular weight excluding hydrogens is 490 g/mol. The molecule has 4 aromatic carbocycles. The van der Waals surface area contributed by atoms with E-state index >= 15 is 0 Å². The fourth-order valence-corrected chi connectivity index (χ4v) is 6.24. The second-order valence-electron chi connectivity index (χ2n) is 9.54. The van der Waals surface area contributed by atoms with Crippen LogP contribution in [0.1, 0.15) is 32.4 Å². The molecule has 1 spiro atoms. The fraction of sp³-hybridized carbons (Fsp3) is 0.133. The summed E-state index contributed by atoms with van der Waals surface area (Å²) < 4.78 is 6.31. The van der Waals surface area contributed by atoms with Gasteiger partial charge in [-0.15, -0.1) is 0 Å². The largest absolute Gasteiger partial charge is 0.349 e. The number of fused-ring (bicyclic) bond motifs is 4. The Morgan fingerprint density at radius 3 is 2.03 bits per heavy atom. The lowest BCUT2D eigenvalue weighted by Crippen LogP contribution is -2.51. The van der Waals surface area contributed by atoms with Crippen LogP contribution < -0.4 is 4.90 Å². The van der Waals surface area contributed by atoms with Gasteiger partial charge in [-0.3, -0.25) is 19.2 Å². The van der Waals surface area contributed by atoms with Crippen molar-refractivity contribution in [2.75, 3.05) is 4.90 Å². The summed E-state index contributed by atoms with van der Waals surface area (Å²) in [6.45, 7) is 0. The molecule has 0 saturated carbocycles. The van der Waals surface area contributed by atoms with Gasteiger partial charge < -0.3 is 4.74 Å². The van der Waals surface area contributed by atoms with E-state index in [1.54, 1.807) is 60.7 Å². The Balaban J connectivity index is 1.44. The molecule has 2 fully saturated rings. The molecule has 37 heavy (non-hydrogen) atoms. The highest BCUT2D eigenvalue weighted by Gasteiger charge is 2.74. The molecule has 3 atom stereocenters. The second kappa shape index (κ2) is 7.68. The summed E-state index contributed by atoms with van der Waals surface area (Å²) in [6, 6.07) is 25.9. The van der Waals surface area contributed by atoms with Crippen molar-refractivity contribution in [3.8, 4) is 0 Å². The van der Waals surface area contributed by atoms with E-state index < -0.39 is 46.9 Å². The van der Waals surface area contributed by atoms with Gasteiger partial charge in [-0.25, -0.2) is 4.90 Å². The van der Waals surface area contributed by atoms with Gasteiger partial charge in [0.1, 0.15) is 0 Å². The minimum Gasteiger partial charge on any atom is -0.349 e. The van der Waals surface area contributed by atoms with Crippen LogP contribution in [0.2, 0.25) is 5.02 Å². The first-order valence-electron chi connectivity index (χ1n) is 11.9. The molecule has 4 aromatic rings. The third-order valence-corrected chi connectivity index (χ3v) is 7.98. The third kappa shape index (κ3) is 2.79. The summed E-state index contributed by atoms with van der Waals surface area (Å²) >= 11 is 6.09. The van der Waals surface area contributed by atoms with Crippen molar-refractivity contribution >= 4 is 51.4 Å². The lowest BCUT2D eigenvalue weighted by atomic mass is 9.77. The average molecular weight is 508 g/mol. The van der Waals surface area contributed by atoms with Crippen LogP contribution in [0.15, 0.2) is 91.0 Å². The number of hydrogen-bond donors (Lipinski definition) is 0. The van der Waals surface area contributed by atoms with Crippen LogP contribution in [0, 0.1) is 11.8 Å². The van der Waals surface area contributed by atoms with E-state index in [1.807, 2.05) is 30.3 Å². The number of imide groups is 1. The summed E-state index contributed by atoms with van der Waals surface area (Å²) in [7, 11) is 0. The molecule has 2 amide bonds. The summed E-state index contributed by atoms with van der Waals surface area (Å²) in [4.78, 5) is 57.1. The summed E-state index contributed by atoms with van der Waals surface area (Å²) in [5.74, 6) is -4.64. The van der Waals surface area contributed by atoms with Crippen LogP contribution in [0.5, 0.6) is 0 Å². The monoisotopic (exact) mass is 507 g/mol. The van der Waals surface area contributed by atoms with Crippen molar-refractivity contribution in [1.82, 2.24) is 0 Å². The molecule has 1 aliphatic carbocycles. The predicted molar refractivity (Wildman–Crippen MR) is 137 cm³/mol. The Morgan fingerprint density at radius 1 is 0.703 bits per heavy atom. The number of carbonyl (C=O) groups excluding carboxylic acids is 4. The smallest absolute Gasteiger partial charge is 0.241 e. The molecule has 2 aliphatic heterocycles. The Hall–Kier alpha value is -4.13. The maximum absolute atomic E-state index is 14.2. The molecule has 0 bridgehead atoms. The molecule has 0 N–H and O–H groups in total. The number of hydrogen-bond acceptors (Lipinski definition) is 5. The molecule has 3 aliphatic rings. The topological polar surface area (TPSA) is 80.8 Å². The number of benzene rings is 4. The first-order chi connectivity index (χ1) is 17.9. The number of amides is 2. The van der Waals surface area contributed by atoms with Gasteiger partial charge in [-0.05, 0) is 29.1 Å². The van der Waals surface area contributed by atoms with Crippen molar-refractivity contribution in [2.45, 2.75) is 11.7 Å². The number of Topliss-reactive ketones (excluding diaryl/α,β-unsaturated/α-hetero) is 2. The minimum atomic E-state index is -2.11. The Labute approximate surface area is 216 Å². The quantitative estimate of drug-likeness (QED) is 0.275. The van der Waals surface area contributed by atoms with Gasteiger partial charge in [0.25, 0.3) is 0 Å². The van der Waals surface area contributed by atoms with Gasteiger partial charge in [-0.2, -0.15) is 0 Å². The maximum atomic E-state index is 14.2. The fourth-order valence-electron chi connectivity index (χ4n) is 6.11. The van der Waals surface area contributed by atoms with Crippen molar-refractivity contribution in [2.24, 2.45) is 11.8 Å². The van der Waals surface area contributed by atoms with E-state index in [9.17, 15) is 19.2 Å². The van der Waals surface area contributed by atoms with E-state index in [0.29, 0.717) is 16.3 Å². The van der Waals surface area contributed by atoms with Crippen LogP contribution in [-0.4, -0.2) is 29.0 Å². The highest BCUT2D eigenvalue weighted by atomic mass is 35.5. The van der Waals surface area contributed by atoms with Gasteiger partial charge in [0, 0.05) is 21.5 Å². The molecule has 7 heteroatoms. The molecule has 0 radical (unpaired) electrons. The summed E-state index contributed by atoms with van der Waals surface area (Å²) in [5, 5.41) is 2.06. The zero-order valence-corrected chi connectivity index (χ0v) is 20.0. The predicted octanol–water partition coefficient (Wildman–Crippen LogP) is 5.19. The molecule has 6 nitrogen and oxygen atoms in total. The molecular formula is C30H18ClNO5. The number of rotatable bonds is 2. The van der Waals surface area contributed by atoms with Crippen LogP contribution >= 0.6 is 11.6 Å². The highest BCUT2D eigenvalue weighted by Crippen LogP contribution is 2.58. The normalized spacial score (nSPS) is 23.8. The van der Waals surface area contributed by atoms with Crippen molar-refractivity contribution in [1.29, 1.82) is 0 Å². The van der Waals surface area contributed by atoms with Crippen LogP contribution in [0.3, 0.4) is 0 Å². The molecule has 0 unspecified atom stereocenters. The first-order valence-corrected chi connectivity index (χ1v) is 12.3. The van der Waals surface area contributed by atoms with Crippen molar-refractivity contribution in [3.63, 3.8) is 0 Å². The second-order valence-corrected chi connectivity index (χ2v) is 9.98. The number of nitrogens with zero attached hydrogens (tertiary/aromatic N) is 1. The number of anilines is 1. The van der Waals surface area contributed by atoms with Gasteiger partial charge >= 0.3 is 0 Å². The molecule has 7 rings (SSSR count). The number of ether oxygens (including phenoxy) is 1. The number of ketones is 2. The summed E-state index contributed by atoms with van der Waals surface area (Å²) in [5.41, 5.74) is -0.722. The van der Waals surface area contributed by atoms with Gasteiger partial charge in [0.2, 0.25) is 29.0 Å². The molecule has 0 aromatic heterocycles. The number of carbonyl (C=O) groups is 4. The van der Waals surface area contributed by atoms with Crippen LogP contribution in [0.25, 0.3) is 10.8 Å². The van der Waals surface area contributed by atoms with E-state index in [4.69, 9.17) is 16.3 Å². The lowest BCUT2D eigenvalue weighted by molar-refractivity contribution is -0.127. The average Bonchev–Trinajstić information content (AvgIpc) is 3.49. The summed E-state index contributed by atoms with van der Waals surface area (Å²) in [6.07, 6.45) is -0.985. The zero-order valence-electron chi connectivity index (χ0n) is 19.3. The van der Waals surface area contributed by atoms with Crippen molar-refractivity contribution < 1.29 is 23.9 Å². The minimum absolute atomic E-state index is 0.201. The lowest BCUT2D eigenvalue weighted by Gasteiger charge is -2.27. The van der Waals surface area contributed by atoms with Crippen LogP contribution in [0.4, 0.5) is 5.69 Å². The number of halogens is 1. The third-order valence-electron chi connectivity index (χ3n) is 7.73. The van der Waals surface area contributed by atoms with E-state index in [1.165, 1.54) is 0 Å². The standard InChI is InChI=1S/C30H18ClNO5/c31-18-14-12-17(13-15-18)25-23-24(30(37-25)26(33)20-9-3-4-10-21(20)27(30)34)29(36)32(28(23)35)22-11-5-7-16-6-1-2-8-19(16)22/h1-15,23-25H/t23-,24+,25-/m1/s1. The Bertz CT molecular complexity index is 1640. The Kier molecular flexibility index (Phi) is 4.59. The van der Waals surface area contributed by atoms with E-state index in [-0.39, 0.29) is 11.1 Å². The Morgan fingerprint density at radius 2 is 1.32 bits per heavy atom. The van der Waals surface area contributed by atoms with Gasteiger partial charge in [0.05, 0.1) is 23.6 Å². The van der Waals surface area contributed by atoms with Gasteiger partial charge in [0.15, 0.2) is 0 Å². The highest BCUT2D eigenvalue weighted by molar-refractivity contribution is 6.37. The molecule has 2 saturated heterocycles. The molecule has 2 heterocycles. The zero-order chi connectivity index (χ0) is 25.5. The van der Waals surface area contributed by atoms with Crippen LogP contribution in [-0.2, 0) is 14.3 Å². The van der Waals surface area contributed by atoms with E-state index in [0.717, 1.165) is 15.7 Å². The molecule has 180 valence electrons.